The molecule has 0 aromatic heterocycles. The number of halogens is 2. The lowest BCUT2D eigenvalue weighted by Gasteiger charge is -2.43. The quantitative estimate of drug-likeness (QED) is 0.419. The number of rotatable bonds is 4. The summed E-state index contributed by atoms with van der Waals surface area (Å²) in [5.41, 5.74) is 5.05. The molecule has 1 N–H and O–H groups in total. The van der Waals surface area contributed by atoms with Gasteiger partial charge in [-0.25, -0.2) is 4.99 Å². The van der Waals surface area contributed by atoms with Crippen molar-refractivity contribution in [3.8, 4) is 0 Å². The Kier molecular flexibility index (Phi) is 6.57. The summed E-state index contributed by atoms with van der Waals surface area (Å²) in [6.07, 6.45) is 5.20. The molecule has 2 aromatic rings. The van der Waals surface area contributed by atoms with Crippen LogP contribution in [0.2, 0.25) is 5.02 Å². The monoisotopic (exact) mass is 529 g/mol. The average molecular weight is 531 g/mol. The van der Waals surface area contributed by atoms with E-state index in [-0.39, 0.29) is 11.4 Å². The number of anilines is 1. The lowest BCUT2D eigenvalue weighted by molar-refractivity contribution is -0.115. The average Bonchev–Trinajstić information content (AvgIpc) is 3.06. The summed E-state index contributed by atoms with van der Waals surface area (Å²) in [5, 5.41) is 4.04. The Balaban J connectivity index is 1.67. The zero-order valence-corrected chi connectivity index (χ0v) is 21.7. The van der Waals surface area contributed by atoms with E-state index >= 15 is 0 Å². The molecule has 0 aliphatic carbocycles. The molecule has 2 aliphatic rings. The van der Waals surface area contributed by atoms with Crippen LogP contribution >= 0.6 is 39.3 Å². The number of carbonyl (C=O) groups excluding carboxylic acids is 1. The highest BCUT2D eigenvalue weighted by Gasteiger charge is 2.31. The number of hydrogen-bond acceptors (Lipinski definition) is 4. The summed E-state index contributed by atoms with van der Waals surface area (Å²) >= 11 is 11.4. The van der Waals surface area contributed by atoms with Gasteiger partial charge in [0.15, 0.2) is 5.17 Å². The summed E-state index contributed by atoms with van der Waals surface area (Å²) < 4.78 is 0.984. The molecule has 0 bridgehead atoms. The van der Waals surface area contributed by atoms with Crippen LogP contribution in [0.15, 0.2) is 56.8 Å². The second-order valence-electron chi connectivity index (χ2n) is 8.48. The predicted octanol–water partition coefficient (Wildman–Crippen LogP) is 7.41. The molecule has 1 fully saturated rings. The highest BCUT2D eigenvalue weighted by molar-refractivity contribution is 9.10. The molecule has 2 aromatic carbocycles. The molecule has 166 valence electrons. The Bertz CT molecular complexity index is 1170. The minimum Gasteiger partial charge on any atom is -0.362 e. The van der Waals surface area contributed by atoms with Crippen LogP contribution in [0.5, 0.6) is 0 Å². The van der Waals surface area contributed by atoms with E-state index in [9.17, 15) is 4.79 Å². The number of allylic oxidation sites excluding steroid dienone is 1. The third-order valence-corrected chi connectivity index (χ3v) is 7.30. The molecule has 0 atom stereocenters. The van der Waals surface area contributed by atoms with Gasteiger partial charge in [-0.2, -0.15) is 0 Å². The van der Waals surface area contributed by atoms with E-state index in [1.54, 1.807) is 0 Å². The van der Waals surface area contributed by atoms with Crippen molar-refractivity contribution in [3.05, 3.63) is 68.0 Å². The van der Waals surface area contributed by atoms with Gasteiger partial charge in [-0.05, 0) is 92.6 Å². The standard InChI is InChI=1S/C25H25BrClN3OS/c1-5-10-30-21-13-20(27)16(11-19(21)15(2)14-25(30,3)4)12-22-23(31)29-24(32-22)28-18-8-6-17(26)7-9-18/h6-9,11-14H,5,10H2,1-4H3,(H,28,29,31)/b22-12+. The zero-order chi connectivity index (χ0) is 23.0. The van der Waals surface area contributed by atoms with Crippen molar-refractivity contribution in [1.29, 1.82) is 0 Å². The van der Waals surface area contributed by atoms with Crippen LogP contribution in [-0.4, -0.2) is 23.2 Å². The number of fused-ring (bicyclic) bond motifs is 1. The Morgan fingerprint density at radius 3 is 2.66 bits per heavy atom. The molecular formula is C25H25BrClN3OS. The lowest BCUT2D eigenvalue weighted by atomic mass is 9.87. The normalized spacial score (nSPS) is 19.9. The smallest absolute Gasteiger partial charge is 0.264 e. The van der Waals surface area contributed by atoms with E-state index in [2.05, 4.69) is 71.0 Å². The Hall–Kier alpha value is -2.02. The molecule has 4 rings (SSSR count). The van der Waals surface area contributed by atoms with Gasteiger partial charge in [-0.1, -0.05) is 40.5 Å². The molecule has 0 radical (unpaired) electrons. The predicted molar refractivity (Wildman–Crippen MR) is 142 cm³/mol. The third kappa shape index (κ3) is 4.68. The molecule has 0 saturated carbocycles. The number of benzene rings is 2. The van der Waals surface area contributed by atoms with Gasteiger partial charge < -0.3 is 10.2 Å². The lowest BCUT2D eigenvalue weighted by Crippen LogP contribution is -2.45. The molecule has 0 unspecified atom stereocenters. The second-order valence-corrected chi connectivity index (χ2v) is 10.8. The topological polar surface area (TPSA) is 44.7 Å². The van der Waals surface area contributed by atoms with Gasteiger partial charge in [-0.15, -0.1) is 0 Å². The maximum Gasteiger partial charge on any atom is 0.264 e. The summed E-state index contributed by atoms with van der Waals surface area (Å²) in [6.45, 7) is 9.73. The van der Waals surface area contributed by atoms with E-state index in [0.717, 1.165) is 39.9 Å². The molecule has 32 heavy (non-hydrogen) atoms. The Labute approximate surface area is 207 Å². The fourth-order valence-corrected chi connectivity index (χ4v) is 5.42. The Morgan fingerprint density at radius 2 is 1.97 bits per heavy atom. The molecular weight excluding hydrogens is 506 g/mol. The maximum absolute atomic E-state index is 12.6. The van der Waals surface area contributed by atoms with E-state index < -0.39 is 0 Å². The maximum atomic E-state index is 12.6. The SMILES string of the molecule is CCCN1c2cc(Cl)c(/C=C3/SC(=Nc4ccc(Br)cc4)NC3=O)cc2C(C)=CC1(C)C. The molecule has 2 heterocycles. The molecule has 2 aliphatic heterocycles. The van der Waals surface area contributed by atoms with Crippen molar-refractivity contribution < 1.29 is 4.79 Å². The minimum absolute atomic E-state index is 0.0734. The van der Waals surface area contributed by atoms with Gasteiger partial charge in [0, 0.05) is 27.3 Å². The fourth-order valence-electron chi connectivity index (χ4n) is 4.11. The van der Waals surface area contributed by atoms with Crippen molar-refractivity contribution >= 4 is 73.4 Å². The van der Waals surface area contributed by atoms with Gasteiger partial charge in [0.25, 0.3) is 5.91 Å². The van der Waals surface area contributed by atoms with Crippen molar-refractivity contribution in [2.45, 2.75) is 39.7 Å². The van der Waals surface area contributed by atoms with Crippen molar-refractivity contribution in [2.75, 3.05) is 11.4 Å². The molecule has 1 saturated heterocycles. The summed E-state index contributed by atoms with van der Waals surface area (Å²) in [5.74, 6) is -0.166. The number of hydrogen-bond donors (Lipinski definition) is 1. The molecule has 7 heteroatoms. The highest BCUT2D eigenvalue weighted by Crippen LogP contribution is 2.42. The first-order valence-electron chi connectivity index (χ1n) is 10.5. The van der Waals surface area contributed by atoms with E-state index in [1.807, 2.05) is 36.4 Å². The molecule has 1 amide bonds. The first-order valence-corrected chi connectivity index (χ1v) is 12.5. The number of amides is 1. The van der Waals surface area contributed by atoms with Gasteiger partial charge in [0.1, 0.15) is 0 Å². The molecule has 4 nitrogen and oxygen atoms in total. The van der Waals surface area contributed by atoms with Gasteiger partial charge in [0.05, 0.1) is 16.1 Å². The molecule has 0 spiro atoms. The van der Waals surface area contributed by atoms with Crippen molar-refractivity contribution in [2.24, 2.45) is 4.99 Å². The largest absolute Gasteiger partial charge is 0.362 e. The van der Waals surface area contributed by atoms with Gasteiger partial charge in [0.2, 0.25) is 0 Å². The van der Waals surface area contributed by atoms with Crippen molar-refractivity contribution in [1.82, 2.24) is 5.32 Å². The van der Waals surface area contributed by atoms with E-state index in [4.69, 9.17) is 11.6 Å². The first-order chi connectivity index (χ1) is 15.2. The van der Waals surface area contributed by atoms with Crippen LogP contribution in [0.4, 0.5) is 11.4 Å². The van der Waals surface area contributed by atoms with E-state index in [0.29, 0.717) is 15.1 Å². The highest BCUT2D eigenvalue weighted by atomic mass is 79.9. The first kappa shape index (κ1) is 23.1. The third-order valence-electron chi connectivity index (χ3n) is 5.54. The van der Waals surface area contributed by atoms with Crippen LogP contribution in [0.1, 0.15) is 45.2 Å². The minimum atomic E-state index is -0.166. The fraction of sp³-hybridized carbons (Fsp3) is 0.280. The van der Waals surface area contributed by atoms with Gasteiger partial charge in [-0.3, -0.25) is 4.79 Å². The van der Waals surface area contributed by atoms with E-state index in [1.165, 1.54) is 17.3 Å². The number of amidine groups is 1. The van der Waals surface area contributed by atoms with Crippen LogP contribution in [0.3, 0.4) is 0 Å². The summed E-state index contributed by atoms with van der Waals surface area (Å²) in [7, 11) is 0. The Morgan fingerprint density at radius 1 is 1.25 bits per heavy atom. The van der Waals surface area contributed by atoms with Crippen LogP contribution in [0.25, 0.3) is 11.6 Å². The van der Waals surface area contributed by atoms with Crippen LogP contribution in [-0.2, 0) is 4.79 Å². The second kappa shape index (κ2) is 9.08. The van der Waals surface area contributed by atoms with Crippen LogP contribution in [0, 0.1) is 0 Å². The summed E-state index contributed by atoms with van der Waals surface area (Å²) in [6, 6.07) is 11.7. The summed E-state index contributed by atoms with van der Waals surface area (Å²) in [4.78, 5) is 20.1. The number of nitrogens with zero attached hydrogens (tertiary/aromatic N) is 2. The number of nitrogens with one attached hydrogen (secondary N) is 1. The number of thioether (sulfide) groups is 1. The number of aliphatic imine (C=N–C) groups is 1. The zero-order valence-electron chi connectivity index (χ0n) is 18.5. The number of carbonyl (C=O) groups is 1. The van der Waals surface area contributed by atoms with Crippen molar-refractivity contribution in [3.63, 3.8) is 0 Å². The van der Waals surface area contributed by atoms with Gasteiger partial charge >= 0.3 is 0 Å². The van der Waals surface area contributed by atoms with Crippen LogP contribution < -0.4 is 10.2 Å².